The van der Waals surface area contributed by atoms with Crippen molar-refractivity contribution in [3.05, 3.63) is 66.0 Å². The molecule has 0 unspecified atom stereocenters. The first-order valence-corrected chi connectivity index (χ1v) is 10.6. The maximum atomic E-state index is 12.2. The molecule has 1 heterocycles. The standard InChI is InChI=1S/C18H20N4O3S2/c1-25-15-7-9-16(10-8-15)27(23,24)20-12-11-19-18-21-17(22-26-18)13-14-5-3-2-4-6-14/h2-10,20H,11-13H2,1H3,(H,19,21,22). The molecule has 2 N–H and O–H groups in total. The van der Waals surface area contributed by atoms with E-state index < -0.39 is 10.0 Å². The van der Waals surface area contributed by atoms with Gasteiger partial charge in [-0.05, 0) is 29.8 Å². The minimum Gasteiger partial charge on any atom is -0.497 e. The van der Waals surface area contributed by atoms with Gasteiger partial charge in [0.2, 0.25) is 15.2 Å². The van der Waals surface area contributed by atoms with Crippen LogP contribution >= 0.6 is 11.5 Å². The van der Waals surface area contributed by atoms with Gasteiger partial charge >= 0.3 is 0 Å². The summed E-state index contributed by atoms with van der Waals surface area (Å²) in [6.45, 7) is 0.650. The first-order chi connectivity index (χ1) is 13.1. The Balaban J connectivity index is 1.47. The zero-order valence-corrected chi connectivity index (χ0v) is 16.4. The molecule has 3 aromatic rings. The first kappa shape index (κ1) is 19.3. The molecule has 0 atom stereocenters. The van der Waals surface area contributed by atoms with Crippen LogP contribution < -0.4 is 14.8 Å². The molecule has 0 fully saturated rings. The number of nitrogens with zero attached hydrogens (tertiary/aromatic N) is 2. The predicted octanol–water partition coefficient (Wildman–Crippen LogP) is 2.53. The van der Waals surface area contributed by atoms with Crippen molar-refractivity contribution in [2.45, 2.75) is 11.3 Å². The largest absolute Gasteiger partial charge is 0.497 e. The summed E-state index contributed by atoms with van der Waals surface area (Å²) in [4.78, 5) is 4.62. The number of benzene rings is 2. The summed E-state index contributed by atoms with van der Waals surface area (Å²) in [5.74, 6) is 1.35. The van der Waals surface area contributed by atoms with E-state index in [0.29, 0.717) is 23.8 Å². The van der Waals surface area contributed by atoms with Crippen LogP contribution in [0.1, 0.15) is 11.4 Å². The summed E-state index contributed by atoms with van der Waals surface area (Å²) >= 11 is 1.26. The Morgan fingerprint density at radius 2 is 1.78 bits per heavy atom. The highest BCUT2D eigenvalue weighted by Crippen LogP contribution is 2.16. The van der Waals surface area contributed by atoms with Crippen molar-refractivity contribution >= 4 is 26.7 Å². The van der Waals surface area contributed by atoms with Gasteiger partial charge in [-0.25, -0.2) is 18.1 Å². The zero-order valence-electron chi connectivity index (χ0n) is 14.8. The van der Waals surface area contributed by atoms with E-state index in [4.69, 9.17) is 4.74 Å². The molecular formula is C18H20N4O3S2. The van der Waals surface area contributed by atoms with Gasteiger partial charge in [-0.15, -0.1) is 0 Å². The number of methoxy groups -OCH3 is 1. The smallest absolute Gasteiger partial charge is 0.240 e. The summed E-state index contributed by atoms with van der Waals surface area (Å²) in [5.41, 5.74) is 1.15. The molecule has 142 valence electrons. The number of rotatable bonds is 9. The van der Waals surface area contributed by atoms with E-state index in [2.05, 4.69) is 19.4 Å². The molecule has 0 saturated heterocycles. The fourth-order valence-corrected chi connectivity index (χ4v) is 4.01. The van der Waals surface area contributed by atoms with Crippen molar-refractivity contribution in [3.8, 4) is 5.75 Å². The van der Waals surface area contributed by atoms with E-state index in [1.54, 1.807) is 12.1 Å². The number of hydrogen-bond acceptors (Lipinski definition) is 7. The molecule has 0 radical (unpaired) electrons. The third kappa shape index (κ3) is 5.49. The van der Waals surface area contributed by atoms with Gasteiger partial charge in [0.1, 0.15) is 11.6 Å². The van der Waals surface area contributed by atoms with Crippen LogP contribution in [0.3, 0.4) is 0 Å². The fraction of sp³-hybridized carbons (Fsp3) is 0.222. The van der Waals surface area contributed by atoms with Crippen LogP contribution in [0.4, 0.5) is 5.13 Å². The average Bonchev–Trinajstić information content (AvgIpc) is 3.13. The van der Waals surface area contributed by atoms with E-state index in [1.807, 2.05) is 30.3 Å². The summed E-state index contributed by atoms with van der Waals surface area (Å²) in [7, 11) is -2.02. The van der Waals surface area contributed by atoms with Crippen molar-refractivity contribution in [2.75, 3.05) is 25.5 Å². The van der Waals surface area contributed by atoms with Gasteiger partial charge in [0.25, 0.3) is 0 Å². The van der Waals surface area contributed by atoms with E-state index in [1.165, 1.54) is 30.8 Å². The third-order valence-corrected chi connectivity index (χ3v) is 5.92. The molecule has 0 bridgehead atoms. The monoisotopic (exact) mass is 404 g/mol. The fourth-order valence-electron chi connectivity index (χ4n) is 2.37. The minimum atomic E-state index is -3.55. The van der Waals surface area contributed by atoms with Gasteiger partial charge in [-0.1, -0.05) is 30.3 Å². The second kappa shape index (κ2) is 8.94. The maximum Gasteiger partial charge on any atom is 0.240 e. The zero-order chi connectivity index (χ0) is 19.1. The molecule has 0 aliphatic carbocycles. The predicted molar refractivity (Wildman–Crippen MR) is 106 cm³/mol. The lowest BCUT2D eigenvalue weighted by molar-refractivity contribution is 0.414. The number of anilines is 1. The third-order valence-electron chi connectivity index (χ3n) is 3.74. The van der Waals surface area contributed by atoms with Crippen LogP contribution in [0.2, 0.25) is 0 Å². The lowest BCUT2D eigenvalue weighted by Gasteiger charge is -2.07. The second-order valence-corrected chi connectivity index (χ2v) is 8.20. The van der Waals surface area contributed by atoms with Crippen molar-refractivity contribution in [2.24, 2.45) is 0 Å². The van der Waals surface area contributed by atoms with Crippen molar-refractivity contribution in [3.63, 3.8) is 0 Å². The van der Waals surface area contributed by atoms with Crippen LogP contribution in [-0.4, -0.2) is 38.0 Å². The van der Waals surface area contributed by atoms with Gasteiger partial charge in [0.05, 0.1) is 12.0 Å². The topological polar surface area (TPSA) is 93.2 Å². The van der Waals surface area contributed by atoms with Gasteiger partial charge in [-0.3, -0.25) is 0 Å². The Kier molecular flexibility index (Phi) is 6.38. The molecule has 0 aliphatic rings. The van der Waals surface area contributed by atoms with Gasteiger partial charge in [0, 0.05) is 31.0 Å². The Bertz CT molecular complexity index is 958. The molecule has 7 nitrogen and oxygen atoms in total. The molecule has 2 aromatic carbocycles. The average molecular weight is 405 g/mol. The van der Waals surface area contributed by atoms with Crippen LogP contribution in [0.15, 0.2) is 59.5 Å². The SMILES string of the molecule is COc1ccc(S(=O)(=O)NCCNc2nc(Cc3ccccc3)ns2)cc1. The van der Waals surface area contributed by atoms with E-state index >= 15 is 0 Å². The summed E-state index contributed by atoms with van der Waals surface area (Å²) in [5, 5.41) is 3.76. The molecule has 1 aromatic heterocycles. The second-order valence-electron chi connectivity index (χ2n) is 5.68. The molecule has 0 aliphatic heterocycles. The molecular weight excluding hydrogens is 384 g/mol. The Morgan fingerprint density at radius 1 is 1.04 bits per heavy atom. The Hall–Kier alpha value is -2.49. The van der Waals surface area contributed by atoms with Crippen LogP contribution in [-0.2, 0) is 16.4 Å². The lowest BCUT2D eigenvalue weighted by Crippen LogP contribution is -2.28. The maximum absolute atomic E-state index is 12.2. The number of sulfonamides is 1. The Morgan fingerprint density at radius 3 is 2.48 bits per heavy atom. The highest BCUT2D eigenvalue weighted by atomic mass is 32.2. The van der Waals surface area contributed by atoms with Crippen molar-refractivity contribution in [1.82, 2.24) is 14.1 Å². The van der Waals surface area contributed by atoms with Gasteiger partial charge < -0.3 is 10.1 Å². The van der Waals surface area contributed by atoms with E-state index in [9.17, 15) is 8.42 Å². The Labute approximate surface area is 162 Å². The molecule has 0 saturated carbocycles. The molecule has 0 amide bonds. The number of hydrogen-bond donors (Lipinski definition) is 2. The molecule has 9 heteroatoms. The summed E-state index contributed by atoms with van der Waals surface area (Å²) in [6, 6.07) is 16.2. The van der Waals surface area contributed by atoms with Crippen molar-refractivity contribution < 1.29 is 13.2 Å². The molecule has 3 rings (SSSR count). The number of ether oxygens (including phenoxy) is 1. The van der Waals surface area contributed by atoms with Crippen LogP contribution in [0.25, 0.3) is 0 Å². The van der Waals surface area contributed by atoms with Crippen LogP contribution in [0.5, 0.6) is 5.75 Å². The van der Waals surface area contributed by atoms with Gasteiger partial charge in [-0.2, -0.15) is 4.37 Å². The number of aromatic nitrogens is 2. The first-order valence-electron chi connectivity index (χ1n) is 8.31. The summed E-state index contributed by atoms with van der Waals surface area (Å²) < 4.78 is 36.4. The quantitative estimate of drug-likeness (QED) is 0.533. The normalized spacial score (nSPS) is 11.3. The minimum absolute atomic E-state index is 0.198. The lowest BCUT2D eigenvalue weighted by atomic mass is 10.1. The van der Waals surface area contributed by atoms with Crippen LogP contribution in [0, 0.1) is 0 Å². The van der Waals surface area contributed by atoms with Gasteiger partial charge in [0.15, 0.2) is 0 Å². The number of nitrogens with one attached hydrogen (secondary N) is 2. The van der Waals surface area contributed by atoms with Crippen molar-refractivity contribution in [1.29, 1.82) is 0 Å². The highest BCUT2D eigenvalue weighted by molar-refractivity contribution is 7.89. The van der Waals surface area contributed by atoms with E-state index in [-0.39, 0.29) is 11.4 Å². The highest BCUT2D eigenvalue weighted by Gasteiger charge is 2.13. The summed E-state index contributed by atoms with van der Waals surface area (Å²) in [6.07, 6.45) is 0.670. The molecule has 0 spiro atoms. The molecule has 27 heavy (non-hydrogen) atoms. The van der Waals surface area contributed by atoms with E-state index in [0.717, 1.165) is 11.4 Å².